The zero-order valence-corrected chi connectivity index (χ0v) is 8.37. The summed E-state index contributed by atoms with van der Waals surface area (Å²) >= 11 is 0. The van der Waals surface area contributed by atoms with Gasteiger partial charge in [-0.1, -0.05) is 0 Å². The van der Waals surface area contributed by atoms with E-state index in [2.05, 4.69) is 0 Å². The van der Waals surface area contributed by atoms with Gasteiger partial charge < -0.3 is 5.73 Å². The molecule has 0 aliphatic carbocycles. The van der Waals surface area contributed by atoms with Crippen LogP contribution in [0.4, 0.5) is 23.2 Å². The average Bonchev–Trinajstić information content (AvgIpc) is 2.22. The topological polar surface area (TPSA) is 69.2 Å². The number of nitrogens with zero attached hydrogens (tertiary/aromatic N) is 1. The van der Waals surface area contributed by atoms with E-state index in [-0.39, 0.29) is 0 Å². The van der Waals surface area contributed by atoms with Crippen LogP contribution in [0.25, 0.3) is 0 Å². The van der Waals surface area contributed by atoms with Crippen LogP contribution in [-0.2, 0) is 0 Å². The van der Waals surface area contributed by atoms with Crippen molar-refractivity contribution < 1.29 is 22.5 Å². The lowest BCUT2D eigenvalue weighted by Gasteiger charge is -2.15. The van der Waals surface area contributed by atoms with E-state index >= 15 is 0 Å². The molecule has 94 valence electrons. The first kappa shape index (κ1) is 13.4. The minimum absolute atomic E-state index is 0.571. The second-order valence-electron chi connectivity index (χ2n) is 3.23. The lowest BCUT2D eigenvalue weighted by molar-refractivity contribution is -0.387. The minimum Gasteiger partial charge on any atom is -0.330 e. The van der Waals surface area contributed by atoms with Crippen molar-refractivity contribution in [3.63, 3.8) is 0 Å². The maximum absolute atomic E-state index is 13.5. The molecule has 0 spiro atoms. The van der Waals surface area contributed by atoms with Crippen LogP contribution in [0.1, 0.15) is 11.5 Å². The van der Waals surface area contributed by atoms with Crippen LogP contribution in [0.5, 0.6) is 0 Å². The van der Waals surface area contributed by atoms with E-state index in [0.29, 0.717) is 12.1 Å². The molecule has 1 rings (SSSR count). The smallest absolute Gasteiger partial charge is 0.305 e. The standard InChI is InChI=1S/C9H8F4N2O2/c10-5-1-2-6(15(16)17)8(11)7(5)4(3-14)9(12)13/h1-2,4,9H,3,14H2. The van der Waals surface area contributed by atoms with Gasteiger partial charge in [-0.05, 0) is 6.07 Å². The largest absolute Gasteiger partial charge is 0.330 e. The molecule has 0 aliphatic rings. The Morgan fingerprint density at radius 3 is 2.35 bits per heavy atom. The number of nitrogens with two attached hydrogens (primary N) is 1. The van der Waals surface area contributed by atoms with E-state index in [9.17, 15) is 27.7 Å². The van der Waals surface area contributed by atoms with Crippen molar-refractivity contribution in [1.29, 1.82) is 0 Å². The van der Waals surface area contributed by atoms with Gasteiger partial charge in [-0.15, -0.1) is 0 Å². The Balaban J connectivity index is 3.40. The van der Waals surface area contributed by atoms with Gasteiger partial charge in [0, 0.05) is 18.2 Å². The molecule has 2 N–H and O–H groups in total. The molecule has 1 aromatic rings. The lowest BCUT2D eigenvalue weighted by atomic mass is 9.97. The molecular weight excluding hydrogens is 244 g/mol. The van der Waals surface area contributed by atoms with Crippen LogP contribution >= 0.6 is 0 Å². The molecule has 17 heavy (non-hydrogen) atoms. The molecule has 0 heterocycles. The molecule has 0 radical (unpaired) electrons. The van der Waals surface area contributed by atoms with Crippen LogP contribution in [0.15, 0.2) is 12.1 Å². The first-order valence-electron chi connectivity index (χ1n) is 4.50. The van der Waals surface area contributed by atoms with Crippen LogP contribution < -0.4 is 5.73 Å². The van der Waals surface area contributed by atoms with E-state index < -0.39 is 46.7 Å². The Labute approximate surface area is 93.2 Å². The molecule has 0 saturated carbocycles. The molecule has 0 saturated heterocycles. The predicted octanol–water partition coefficient (Wildman–Crippen LogP) is 2.18. The van der Waals surface area contributed by atoms with E-state index in [1.807, 2.05) is 0 Å². The second-order valence-corrected chi connectivity index (χ2v) is 3.23. The molecule has 0 aliphatic heterocycles. The number of nitro groups is 1. The Hall–Kier alpha value is -1.70. The van der Waals surface area contributed by atoms with Gasteiger partial charge in [-0.25, -0.2) is 13.2 Å². The Morgan fingerprint density at radius 1 is 1.35 bits per heavy atom. The molecule has 8 heteroatoms. The molecule has 1 atom stereocenters. The van der Waals surface area contributed by atoms with Crippen molar-refractivity contribution >= 4 is 5.69 Å². The summed E-state index contributed by atoms with van der Waals surface area (Å²) in [5.41, 5.74) is 2.89. The number of halogens is 4. The van der Waals surface area contributed by atoms with E-state index in [1.54, 1.807) is 0 Å². The Kier molecular flexibility index (Phi) is 4.00. The SMILES string of the molecule is NCC(c1c(F)ccc([N+](=O)[O-])c1F)C(F)F. The number of alkyl halides is 2. The van der Waals surface area contributed by atoms with E-state index in [0.717, 1.165) is 0 Å². The van der Waals surface area contributed by atoms with Gasteiger partial charge in [0.05, 0.1) is 10.8 Å². The highest BCUT2D eigenvalue weighted by molar-refractivity contribution is 5.39. The van der Waals surface area contributed by atoms with E-state index in [1.165, 1.54) is 0 Å². The molecule has 0 fully saturated rings. The Morgan fingerprint density at radius 2 is 1.94 bits per heavy atom. The number of hydrogen-bond acceptors (Lipinski definition) is 3. The molecular formula is C9H8F4N2O2. The first-order chi connectivity index (χ1) is 7.90. The van der Waals surface area contributed by atoms with Crippen molar-refractivity contribution in [2.24, 2.45) is 5.73 Å². The zero-order valence-electron chi connectivity index (χ0n) is 8.37. The van der Waals surface area contributed by atoms with Gasteiger partial charge in [0.25, 0.3) is 0 Å². The van der Waals surface area contributed by atoms with Crippen molar-refractivity contribution in [1.82, 2.24) is 0 Å². The molecule has 1 aromatic carbocycles. The fourth-order valence-corrected chi connectivity index (χ4v) is 1.39. The summed E-state index contributed by atoms with van der Waals surface area (Å²) in [6.07, 6.45) is -3.11. The molecule has 0 aromatic heterocycles. The van der Waals surface area contributed by atoms with E-state index in [4.69, 9.17) is 5.73 Å². The number of rotatable bonds is 4. The zero-order chi connectivity index (χ0) is 13.2. The highest BCUT2D eigenvalue weighted by Crippen LogP contribution is 2.31. The van der Waals surface area contributed by atoms with Crippen molar-refractivity contribution in [2.45, 2.75) is 12.3 Å². The van der Waals surface area contributed by atoms with Gasteiger partial charge in [-0.3, -0.25) is 10.1 Å². The van der Waals surface area contributed by atoms with Gasteiger partial charge in [0.2, 0.25) is 12.2 Å². The third-order valence-corrected chi connectivity index (χ3v) is 2.23. The van der Waals surface area contributed by atoms with Gasteiger partial charge >= 0.3 is 5.69 Å². The van der Waals surface area contributed by atoms with Crippen LogP contribution in [-0.4, -0.2) is 17.9 Å². The summed E-state index contributed by atoms with van der Waals surface area (Å²) in [6.45, 7) is -0.716. The summed E-state index contributed by atoms with van der Waals surface area (Å²) in [5, 5.41) is 10.4. The van der Waals surface area contributed by atoms with Crippen LogP contribution in [0, 0.1) is 21.7 Å². The highest BCUT2D eigenvalue weighted by atomic mass is 19.3. The fourth-order valence-electron chi connectivity index (χ4n) is 1.39. The molecule has 0 amide bonds. The predicted molar refractivity (Wildman–Crippen MR) is 50.8 cm³/mol. The normalized spacial score (nSPS) is 12.8. The van der Waals surface area contributed by atoms with Crippen molar-refractivity contribution in [3.05, 3.63) is 39.4 Å². The quantitative estimate of drug-likeness (QED) is 0.507. The highest BCUT2D eigenvalue weighted by Gasteiger charge is 2.31. The van der Waals surface area contributed by atoms with Crippen molar-refractivity contribution in [3.8, 4) is 0 Å². The van der Waals surface area contributed by atoms with Gasteiger partial charge in [0.1, 0.15) is 5.82 Å². The maximum atomic E-state index is 13.5. The van der Waals surface area contributed by atoms with Gasteiger partial charge in [0.15, 0.2) is 0 Å². The maximum Gasteiger partial charge on any atom is 0.305 e. The summed E-state index contributed by atoms with van der Waals surface area (Å²) in [7, 11) is 0. The fraction of sp³-hybridized carbons (Fsp3) is 0.333. The average molecular weight is 252 g/mol. The molecule has 4 nitrogen and oxygen atoms in total. The third kappa shape index (κ3) is 2.52. The summed E-state index contributed by atoms with van der Waals surface area (Å²) < 4.78 is 51.7. The molecule has 0 bridgehead atoms. The number of hydrogen-bond donors (Lipinski definition) is 1. The summed E-state index contributed by atoms with van der Waals surface area (Å²) in [5.74, 6) is -4.79. The second kappa shape index (κ2) is 5.09. The lowest BCUT2D eigenvalue weighted by Crippen LogP contribution is -2.22. The third-order valence-electron chi connectivity index (χ3n) is 2.23. The van der Waals surface area contributed by atoms with Crippen LogP contribution in [0.2, 0.25) is 0 Å². The molecule has 1 unspecified atom stereocenters. The Bertz CT molecular complexity index is 439. The number of benzene rings is 1. The summed E-state index contributed by atoms with van der Waals surface area (Å²) in [6, 6.07) is 1.15. The monoisotopic (exact) mass is 252 g/mol. The summed E-state index contributed by atoms with van der Waals surface area (Å²) in [4.78, 5) is 9.28. The van der Waals surface area contributed by atoms with Gasteiger partial charge in [-0.2, -0.15) is 4.39 Å². The number of nitro benzene ring substituents is 1. The minimum atomic E-state index is -3.11. The van der Waals surface area contributed by atoms with Crippen LogP contribution in [0.3, 0.4) is 0 Å². The first-order valence-corrected chi connectivity index (χ1v) is 4.50. The van der Waals surface area contributed by atoms with Crippen molar-refractivity contribution in [2.75, 3.05) is 6.54 Å².